The number of rotatable bonds is 6. The van der Waals surface area contributed by atoms with E-state index in [1.807, 2.05) is 38.1 Å². The average Bonchev–Trinajstić information content (AvgIpc) is 2.58. The SMILES string of the molecule is Cc1cccc(NC(=O)COC(=O)CNC(=O)c2cccc(C)c2)c1. The molecule has 0 aliphatic rings. The Hall–Kier alpha value is -3.15. The lowest BCUT2D eigenvalue weighted by Gasteiger charge is -2.08. The first-order valence-electron chi connectivity index (χ1n) is 7.81. The maximum absolute atomic E-state index is 11.9. The summed E-state index contributed by atoms with van der Waals surface area (Å²) in [6, 6.07) is 14.3. The summed E-state index contributed by atoms with van der Waals surface area (Å²) in [5.74, 6) is -1.49. The summed E-state index contributed by atoms with van der Waals surface area (Å²) in [5.41, 5.74) is 3.05. The first-order chi connectivity index (χ1) is 11.9. The fourth-order valence-corrected chi connectivity index (χ4v) is 2.16. The van der Waals surface area contributed by atoms with Crippen LogP contribution in [0.3, 0.4) is 0 Å². The third-order valence-electron chi connectivity index (χ3n) is 3.34. The highest BCUT2D eigenvalue weighted by Crippen LogP contribution is 2.09. The maximum atomic E-state index is 11.9. The molecule has 25 heavy (non-hydrogen) atoms. The van der Waals surface area contributed by atoms with Crippen molar-refractivity contribution in [3.63, 3.8) is 0 Å². The second-order valence-corrected chi connectivity index (χ2v) is 5.63. The summed E-state index contributed by atoms with van der Waals surface area (Å²) in [4.78, 5) is 35.3. The third-order valence-corrected chi connectivity index (χ3v) is 3.34. The van der Waals surface area contributed by atoms with Gasteiger partial charge in [-0.3, -0.25) is 14.4 Å². The molecule has 6 heteroatoms. The Morgan fingerprint density at radius 3 is 2.32 bits per heavy atom. The van der Waals surface area contributed by atoms with Crippen LogP contribution in [0.1, 0.15) is 21.5 Å². The molecule has 0 aliphatic carbocycles. The van der Waals surface area contributed by atoms with Gasteiger partial charge in [-0.15, -0.1) is 0 Å². The Balaban J connectivity index is 1.73. The highest BCUT2D eigenvalue weighted by atomic mass is 16.5. The van der Waals surface area contributed by atoms with Gasteiger partial charge in [0.1, 0.15) is 6.54 Å². The van der Waals surface area contributed by atoms with Gasteiger partial charge in [0.15, 0.2) is 6.61 Å². The smallest absolute Gasteiger partial charge is 0.325 e. The van der Waals surface area contributed by atoms with E-state index in [1.165, 1.54) is 0 Å². The molecule has 2 rings (SSSR count). The summed E-state index contributed by atoms with van der Waals surface area (Å²) < 4.78 is 4.85. The summed E-state index contributed by atoms with van der Waals surface area (Å²) in [6.45, 7) is 3.07. The number of carbonyl (C=O) groups excluding carboxylic acids is 3. The van der Waals surface area contributed by atoms with Gasteiger partial charge in [0.2, 0.25) is 0 Å². The monoisotopic (exact) mass is 340 g/mol. The van der Waals surface area contributed by atoms with E-state index in [2.05, 4.69) is 10.6 Å². The number of hydrogen-bond acceptors (Lipinski definition) is 4. The van der Waals surface area contributed by atoms with Crippen molar-refractivity contribution in [1.82, 2.24) is 5.32 Å². The first-order valence-corrected chi connectivity index (χ1v) is 7.81. The highest BCUT2D eigenvalue weighted by molar-refractivity contribution is 5.96. The van der Waals surface area contributed by atoms with Crippen LogP contribution in [-0.2, 0) is 14.3 Å². The van der Waals surface area contributed by atoms with Crippen molar-refractivity contribution in [3.05, 3.63) is 65.2 Å². The Labute approximate surface area is 146 Å². The molecule has 0 heterocycles. The third kappa shape index (κ3) is 6.10. The number of anilines is 1. The van der Waals surface area contributed by atoms with Gasteiger partial charge in [-0.05, 0) is 43.7 Å². The quantitative estimate of drug-likeness (QED) is 0.790. The molecule has 0 unspecified atom stereocenters. The Morgan fingerprint density at radius 2 is 1.64 bits per heavy atom. The van der Waals surface area contributed by atoms with Gasteiger partial charge < -0.3 is 15.4 Å². The minimum absolute atomic E-state index is 0.301. The fourth-order valence-electron chi connectivity index (χ4n) is 2.16. The predicted octanol–water partition coefficient (Wildman–Crippen LogP) is 2.22. The van der Waals surface area contributed by atoms with Gasteiger partial charge in [0.25, 0.3) is 11.8 Å². The van der Waals surface area contributed by atoms with E-state index in [-0.39, 0.29) is 12.5 Å². The molecule has 2 N–H and O–H groups in total. The van der Waals surface area contributed by atoms with Gasteiger partial charge in [0, 0.05) is 11.3 Å². The second-order valence-electron chi connectivity index (χ2n) is 5.63. The van der Waals surface area contributed by atoms with Gasteiger partial charge in [0.05, 0.1) is 0 Å². The van der Waals surface area contributed by atoms with Gasteiger partial charge in [-0.25, -0.2) is 0 Å². The molecule has 0 bridgehead atoms. The van der Waals surface area contributed by atoms with Crippen LogP contribution >= 0.6 is 0 Å². The molecule has 0 fully saturated rings. The summed E-state index contributed by atoms with van der Waals surface area (Å²) >= 11 is 0. The maximum Gasteiger partial charge on any atom is 0.325 e. The lowest BCUT2D eigenvalue weighted by Crippen LogP contribution is -2.32. The van der Waals surface area contributed by atoms with Crippen molar-refractivity contribution in [3.8, 4) is 0 Å². The van der Waals surface area contributed by atoms with E-state index in [1.54, 1.807) is 24.3 Å². The summed E-state index contributed by atoms with van der Waals surface area (Å²) in [7, 11) is 0. The largest absolute Gasteiger partial charge is 0.454 e. The molecular weight excluding hydrogens is 320 g/mol. The highest BCUT2D eigenvalue weighted by Gasteiger charge is 2.11. The summed E-state index contributed by atoms with van der Waals surface area (Å²) in [6.07, 6.45) is 0. The lowest BCUT2D eigenvalue weighted by atomic mass is 10.1. The van der Waals surface area contributed by atoms with Crippen molar-refractivity contribution in [2.24, 2.45) is 0 Å². The van der Waals surface area contributed by atoms with Gasteiger partial charge >= 0.3 is 5.97 Å². The Morgan fingerprint density at radius 1 is 0.960 bits per heavy atom. The van der Waals surface area contributed by atoms with E-state index in [4.69, 9.17) is 4.74 Å². The van der Waals surface area contributed by atoms with E-state index in [9.17, 15) is 14.4 Å². The van der Waals surface area contributed by atoms with Gasteiger partial charge in [-0.2, -0.15) is 0 Å². The van der Waals surface area contributed by atoms with Crippen LogP contribution in [0.25, 0.3) is 0 Å². The summed E-state index contributed by atoms with van der Waals surface area (Å²) in [5, 5.41) is 5.09. The Kier molecular flexibility index (Phi) is 6.28. The van der Waals surface area contributed by atoms with Crippen LogP contribution in [-0.4, -0.2) is 30.9 Å². The zero-order valence-electron chi connectivity index (χ0n) is 14.2. The number of amides is 2. The number of nitrogens with one attached hydrogen (secondary N) is 2. The zero-order valence-corrected chi connectivity index (χ0v) is 14.2. The molecule has 0 aromatic heterocycles. The van der Waals surface area contributed by atoms with E-state index in [0.717, 1.165) is 11.1 Å². The van der Waals surface area contributed by atoms with Gasteiger partial charge in [-0.1, -0.05) is 29.8 Å². The molecule has 0 aliphatic heterocycles. The van der Waals surface area contributed by atoms with Crippen molar-refractivity contribution < 1.29 is 19.1 Å². The standard InChI is InChI=1S/C19H20N2O4/c1-13-5-3-7-15(9-13)19(24)20-11-18(23)25-12-17(22)21-16-8-4-6-14(2)10-16/h3-10H,11-12H2,1-2H3,(H,20,24)(H,21,22). The van der Waals surface area contributed by atoms with Crippen LogP contribution in [0, 0.1) is 13.8 Å². The molecule has 2 aromatic carbocycles. The predicted molar refractivity (Wildman–Crippen MR) is 94.3 cm³/mol. The van der Waals surface area contributed by atoms with Crippen molar-refractivity contribution in [2.75, 3.05) is 18.5 Å². The van der Waals surface area contributed by atoms with Crippen LogP contribution in [0.4, 0.5) is 5.69 Å². The molecule has 2 amide bonds. The van der Waals surface area contributed by atoms with Crippen molar-refractivity contribution in [1.29, 1.82) is 0 Å². The molecular formula is C19H20N2O4. The number of hydrogen-bond donors (Lipinski definition) is 2. The average molecular weight is 340 g/mol. The molecule has 0 spiro atoms. The number of carbonyl (C=O) groups is 3. The van der Waals surface area contributed by atoms with Crippen molar-refractivity contribution in [2.45, 2.75) is 13.8 Å². The second kappa shape index (κ2) is 8.63. The minimum atomic E-state index is -0.680. The number of ether oxygens (including phenoxy) is 1. The van der Waals surface area contributed by atoms with Crippen LogP contribution in [0.2, 0.25) is 0 Å². The topological polar surface area (TPSA) is 84.5 Å². The number of benzene rings is 2. The molecule has 0 saturated carbocycles. The van der Waals surface area contributed by atoms with E-state index < -0.39 is 18.5 Å². The molecule has 2 aromatic rings. The molecule has 0 saturated heterocycles. The minimum Gasteiger partial charge on any atom is -0.454 e. The van der Waals surface area contributed by atoms with E-state index >= 15 is 0 Å². The van der Waals surface area contributed by atoms with E-state index in [0.29, 0.717) is 11.3 Å². The number of esters is 1. The zero-order chi connectivity index (χ0) is 18.2. The van der Waals surface area contributed by atoms with Crippen molar-refractivity contribution >= 4 is 23.5 Å². The van der Waals surface area contributed by atoms with Crippen LogP contribution in [0.15, 0.2) is 48.5 Å². The molecule has 130 valence electrons. The fraction of sp³-hybridized carbons (Fsp3) is 0.211. The first kappa shape index (κ1) is 18.2. The molecule has 0 atom stereocenters. The molecule has 0 radical (unpaired) electrons. The van der Waals surface area contributed by atoms with Crippen LogP contribution in [0.5, 0.6) is 0 Å². The molecule has 6 nitrogen and oxygen atoms in total. The lowest BCUT2D eigenvalue weighted by molar-refractivity contribution is -0.146. The normalized spacial score (nSPS) is 10.0. The Bertz CT molecular complexity index is 786. The number of aryl methyl sites for hydroxylation is 2. The van der Waals surface area contributed by atoms with Crippen LogP contribution < -0.4 is 10.6 Å².